The molecule has 2 aromatic heterocycles. The zero-order valence-corrected chi connectivity index (χ0v) is 5.63. The smallest absolute Gasteiger partial charge is 0.0733 e. The zero-order valence-electron chi connectivity index (χ0n) is 5.63. The average molecular weight is 130 g/mol. The molecule has 0 spiro atoms. The van der Waals surface area contributed by atoms with Gasteiger partial charge in [0.1, 0.15) is 0 Å². The fraction of sp³-hybridized carbons (Fsp3) is 0.125. The van der Waals surface area contributed by atoms with E-state index in [0.29, 0.717) is 0 Å². The van der Waals surface area contributed by atoms with Crippen LogP contribution in [0, 0.1) is 19.3 Å². The Morgan fingerprint density at radius 3 is 3.30 bits per heavy atom. The van der Waals surface area contributed by atoms with Crippen molar-refractivity contribution < 1.29 is 0 Å². The normalized spacial score (nSPS) is 9.70. The molecular weight excluding hydrogens is 124 g/mol. The van der Waals surface area contributed by atoms with Gasteiger partial charge < -0.3 is 0 Å². The molecule has 2 rings (SSSR count). The summed E-state index contributed by atoms with van der Waals surface area (Å²) in [6.45, 7) is 2.04. The average Bonchev–Trinajstić information content (AvgIpc) is 2.27. The van der Waals surface area contributed by atoms with Gasteiger partial charge in [-0.25, -0.2) is 4.98 Å². The molecule has 0 saturated carbocycles. The van der Waals surface area contributed by atoms with Crippen molar-refractivity contribution in [3.05, 3.63) is 36.4 Å². The summed E-state index contributed by atoms with van der Waals surface area (Å²) >= 11 is 0. The first-order valence-corrected chi connectivity index (χ1v) is 3.09. The number of fused-ring (bicyclic) bond motifs is 1. The second-order valence-electron chi connectivity index (χ2n) is 2.29. The van der Waals surface area contributed by atoms with Gasteiger partial charge in [-0.15, -0.1) is 0 Å². The van der Waals surface area contributed by atoms with Crippen LogP contribution in [0.3, 0.4) is 0 Å². The molecule has 0 saturated heterocycles. The molecule has 0 N–H and O–H groups in total. The van der Waals surface area contributed by atoms with Crippen LogP contribution in [0.25, 0.3) is 5.52 Å². The molecule has 0 bridgehead atoms. The van der Waals surface area contributed by atoms with Crippen molar-refractivity contribution in [2.45, 2.75) is 6.92 Å². The molecule has 0 fully saturated rings. The second-order valence-corrected chi connectivity index (χ2v) is 2.29. The molecule has 2 nitrogen and oxygen atoms in total. The van der Waals surface area contributed by atoms with Crippen molar-refractivity contribution >= 4 is 5.52 Å². The van der Waals surface area contributed by atoms with E-state index in [-0.39, 0.29) is 0 Å². The van der Waals surface area contributed by atoms with Crippen LogP contribution in [0.15, 0.2) is 18.5 Å². The minimum Gasteiger partial charge on any atom is -0.274 e. The molecule has 0 aromatic carbocycles. The lowest BCUT2D eigenvalue weighted by atomic mass is 10.4. The van der Waals surface area contributed by atoms with Crippen LogP contribution in [0.1, 0.15) is 5.56 Å². The number of aromatic nitrogens is 2. The largest absolute Gasteiger partial charge is 0.274 e. The van der Waals surface area contributed by atoms with E-state index in [2.05, 4.69) is 23.4 Å². The lowest BCUT2D eigenvalue weighted by Gasteiger charge is -1.81. The standard InChI is InChI=1S/C8H6N2/c1-7-4-8-5-9-2-3-10(8)6-7/h4-6H,1H3. The van der Waals surface area contributed by atoms with Gasteiger partial charge in [-0.05, 0) is 18.6 Å². The summed E-state index contributed by atoms with van der Waals surface area (Å²) in [5.41, 5.74) is 2.29. The van der Waals surface area contributed by atoms with E-state index in [1.807, 2.05) is 17.5 Å². The van der Waals surface area contributed by atoms with Crippen molar-refractivity contribution in [2.24, 2.45) is 0 Å². The number of aryl methyl sites for hydroxylation is 1. The highest BCUT2D eigenvalue weighted by Gasteiger charge is 1.90. The van der Waals surface area contributed by atoms with E-state index in [4.69, 9.17) is 0 Å². The maximum atomic E-state index is 3.82. The first-order valence-electron chi connectivity index (χ1n) is 3.09. The monoisotopic (exact) mass is 130 g/mol. The lowest BCUT2D eigenvalue weighted by Crippen LogP contribution is -1.76. The first-order chi connectivity index (χ1) is 4.86. The van der Waals surface area contributed by atoms with Crippen molar-refractivity contribution in [3.8, 4) is 0 Å². The van der Waals surface area contributed by atoms with Crippen molar-refractivity contribution in [1.29, 1.82) is 0 Å². The highest BCUT2D eigenvalue weighted by atomic mass is 14.9. The maximum absolute atomic E-state index is 3.82. The lowest BCUT2D eigenvalue weighted by molar-refractivity contribution is 1.16. The van der Waals surface area contributed by atoms with Gasteiger partial charge in [-0.3, -0.25) is 4.40 Å². The van der Waals surface area contributed by atoms with E-state index in [9.17, 15) is 0 Å². The molecule has 10 heavy (non-hydrogen) atoms. The highest BCUT2D eigenvalue weighted by Crippen LogP contribution is 2.03. The fourth-order valence-corrected chi connectivity index (χ4v) is 0.996. The molecule has 48 valence electrons. The summed E-state index contributed by atoms with van der Waals surface area (Å²) in [6, 6.07) is 2.05. The van der Waals surface area contributed by atoms with Gasteiger partial charge in [0, 0.05) is 12.4 Å². The first kappa shape index (κ1) is 5.31. The summed E-state index contributed by atoms with van der Waals surface area (Å²) in [5, 5.41) is 0. The van der Waals surface area contributed by atoms with Crippen LogP contribution in [0.4, 0.5) is 0 Å². The third-order valence-corrected chi connectivity index (χ3v) is 1.42. The summed E-state index contributed by atoms with van der Waals surface area (Å²) in [6.07, 6.45) is 9.25. The Hall–Kier alpha value is -1.49. The van der Waals surface area contributed by atoms with Gasteiger partial charge in [-0.1, -0.05) is 0 Å². The fourth-order valence-electron chi connectivity index (χ4n) is 0.996. The van der Waals surface area contributed by atoms with Crippen LogP contribution in [0.5, 0.6) is 0 Å². The second kappa shape index (κ2) is 1.74. The Balaban J connectivity index is 2.88. The number of hydrogen-bond acceptors (Lipinski definition) is 1. The van der Waals surface area contributed by atoms with Gasteiger partial charge in [-0.2, -0.15) is 0 Å². The van der Waals surface area contributed by atoms with Crippen LogP contribution < -0.4 is 0 Å². The predicted octanol–water partition coefficient (Wildman–Crippen LogP) is 1.24. The number of rotatable bonds is 0. The highest BCUT2D eigenvalue weighted by molar-refractivity contribution is 5.46. The molecule has 0 aliphatic heterocycles. The zero-order chi connectivity index (χ0) is 6.97. The minimum atomic E-state index is 1.07. The maximum Gasteiger partial charge on any atom is 0.0733 e. The van der Waals surface area contributed by atoms with E-state index >= 15 is 0 Å². The molecule has 0 unspecified atom stereocenters. The van der Waals surface area contributed by atoms with E-state index < -0.39 is 0 Å². The molecule has 0 aliphatic carbocycles. The van der Waals surface area contributed by atoms with Crippen molar-refractivity contribution in [3.63, 3.8) is 0 Å². The predicted molar refractivity (Wildman–Crippen MR) is 37.6 cm³/mol. The van der Waals surface area contributed by atoms with Crippen molar-refractivity contribution in [1.82, 2.24) is 9.38 Å². The van der Waals surface area contributed by atoms with E-state index in [0.717, 1.165) is 5.52 Å². The molecule has 0 atom stereocenters. The quantitative estimate of drug-likeness (QED) is 0.524. The topological polar surface area (TPSA) is 17.3 Å². The molecule has 0 aliphatic rings. The molecule has 2 aromatic rings. The van der Waals surface area contributed by atoms with Crippen LogP contribution in [0.2, 0.25) is 0 Å². The van der Waals surface area contributed by atoms with E-state index in [1.54, 1.807) is 6.20 Å². The van der Waals surface area contributed by atoms with Crippen molar-refractivity contribution in [2.75, 3.05) is 0 Å². The van der Waals surface area contributed by atoms with Gasteiger partial charge in [0.15, 0.2) is 0 Å². The minimum absolute atomic E-state index is 1.07. The Morgan fingerprint density at radius 1 is 1.60 bits per heavy atom. The van der Waals surface area contributed by atoms with E-state index in [1.165, 1.54) is 5.56 Å². The molecule has 0 amide bonds. The number of nitrogens with zero attached hydrogens (tertiary/aromatic N) is 2. The van der Waals surface area contributed by atoms with Crippen LogP contribution in [-0.4, -0.2) is 9.38 Å². The van der Waals surface area contributed by atoms with Gasteiger partial charge in [0.25, 0.3) is 0 Å². The summed E-state index contributed by atoms with van der Waals surface area (Å²) < 4.78 is 1.88. The summed E-state index contributed by atoms with van der Waals surface area (Å²) in [5.74, 6) is 0. The van der Waals surface area contributed by atoms with Crippen LogP contribution in [-0.2, 0) is 0 Å². The molecule has 2 heterocycles. The Labute approximate surface area is 59.1 Å². The molecule has 0 radical (unpaired) electrons. The Morgan fingerprint density at radius 2 is 2.50 bits per heavy atom. The number of hydrogen-bond donors (Lipinski definition) is 0. The summed E-state index contributed by atoms with van der Waals surface area (Å²) in [4.78, 5) is 3.82. The third kappa shape index (κ3) is 0.645. The molecule has 2 heteroatoms. The third-order valence-electron chi connectivity index (χ3n) is 1.42. The molecular formula is C8H6N2. The Kier molecular flexibility index (Phi) is 0.925. The van der Waals surface area contributed by atoms with Crippen LogP contribution >= 0.6 is 0 Å². The Bertz CT molecular complexity index is 316. The van der Waals surface area contributed by atoms with Gasteiger partial charge in [0.2, 0.25) is 0 Å². The summed E-state index contributed by atoms with van der Waals surface area (Å²) in [7, 11) is 0. The van der Waals surface area contributed by atoms with Gasteiger partial charge >= 0.3 is 0 Å². The SMILES string of the molecule is Cc1cc2cnc#cn2c1. The van der Waals surface area contributed by atoms with Gasteiger partial charge in [0.05, 0.1) is 17.9 Å².